The molecular weight excluding hydrogens is 152 g/mol. The summed E-state index contributed by atoms with van der Waals surface area (Å²) in [7, 11) is 0. The lowest BCUT2D eigenvalue weighted by molar-refractivity contribution is -0.148. The van der Waals surface area contributed by atoms with Crippen molar-refractivity contribution in [3.05, 3.63) is 11.6 Å². The zero-order chi connectivity index (χ0) is 8.20. The maximum Gasteiger partial charge on any atom is 0.332 e. The molecule has 0 amide bonds. The van der Waals surface area contributed by atoms with Crippen LogP contribution in [-0.2, 0) is 9.53 Å². The van der Waals surface area contributed by atoms with Gasteiger partial charge in [-0.15, -0.1) is 0 Å². The van der Waals surface area contributed by atoms with E-state index in [9.17, 15) is 4.79 Å². The number of carbonyl (C=O) groups is 1. The zero-order valence-electron chi connectivity index (χ0n) is 6.35. The van der Waals surface area contributed by atoms with Gasteiger partial charge in [0.2, 0.25) is 0 Å². The topological polar surface area (TPSA) is 26.3 Å². The fourth-order valence-corrected chi connectivity index (χ4v) is 0.490. The first-order valence-corrected chi connectivity index (χ1v) is 3.39. The predicted octanol–water partition coefficient (Wildman–Crippen LogP) is 2.08. The molecule has 0 unspecified atom stereocenters. The fourth-order valence-electron chi connectivity index (χ4n) is 0.387. The quantitative estimate of drug-likeness (QED) is 0.436. The van der Waals surface area contributed by atoms with E-state index in [0.29, 0.717) is 0 Å². The van der Waals surface area contributed by atoms with Crippen LogP contribution < -0.4 is 0 Å². The summed E-state index contributed by atoms with van der Waals surface area (Å²) in [6, 6.07) is 0. The molecular formula is C7H11ClO2. The van der Waals surface area contributed by atoms with Crippen molar-refractivity contribution in [2.45, 2.75) is 26.4 Å². The van der Waals surface area contributed by atoms with Crippen molar-refractivity contribution in [3.8, 4) is 0 Å². The van der Waals surface area contributed by atoms with Crippen molar-refractivity contribution >= 4 is 17.6 Å². The fraction of sp³-hybridized carbons (Fsp3) is 0.571. The minimum absolute atomic E-state index is 0.414. The van der Waals surface area contributed by atoms with Gasteiger partial charge in [-0.1, -0.05) is 11.6 Å². The van der Waals surface area contributed by atoms with Gasteiger partial charge in [0, 0.05) is 11.6 Å². The molecule has 0 aliphatic rings. The Morgan fingerprint density at radius 3 is 2.30 bits per heavy atom. The van der Waals surface area contributed by atoms with Crippen LogP contribution in [0.3, 0.4) is 0 Å². The number of esters is 1. The van der Waals surface area contributed by atoms with Crippen LogP contribution in [0.25, 0.3) is 0 Å². The molecule has 0 aromatic rings. The van der Waals surface area contributed by atoms with Crippen molar-refractivity contribution < 1.29 is 9.53 Å². The van der Waals surface area contributed by atoms with Crippen LogP contribution >= 0.6 is 11.6 Å². The summed E-state index contributed by atoms with van der Waals surface area (Å²) in [5, 5.41) is 0. The van der Waals surface area contributed by atoms with E-state index in [1.165, 1.54) is 6.08 Å². The normalized spacial score (nSPS) is 12.0. The molecule has 3 heteroatoms. The summed E-state index contributed by atoms with van der Waals surface area (Å²) in [6.07, 6.45) is 1.17. The van der Waals surface area contributed by atoms with Crippen LogP contribution in [0.4, 0.5) is 0 Å². The molecule has 0 saturated heterocycles. The highest BCUT2D eigenvalue weighted by molar-refractivity contribution is 6.26. The molecule has 0 atom stereocenters. The van der Waals surface area contributed by atoms with Gasteiger partial charge in [-0.2, -0.15) is 0 Å². The van der Waals surface area contributed by atoms with Gasteiger partial charge >= 0.3 is 5.97 Å². The molecule has 0 bridgehead atoms. The van der Waals surface area contributed by atoms with E-state index in [-0.39, 0.29) is 0 Å². The lowest BCUT2D eigenvalue weighted by Crippen LogP contribution is -2.22. The number of hydrogen-bond acceptors (Lipinski definition) is 2. The highest BCUT2D eigenvalue weighted by Gasteiger charge is 2.13. The van der Waals surface area contributed by atoms with E-state index in [1.54, 1.807) is 20.8 Å². The van der Waals surface area contributed by atoms with Crippen molar-refractivity contribution in [1.82, 2.24) is 0 Å². The van der Waals surface area contributed by atoms with E-state index in [2.05, 4.69) is 0 Å². The SMILES string of the molecule is CC(C)(C)OC(=O)/C=C/Cl. The Balaban J connectivity index is 3.81. The van der Waals surface area contributed by atoms with Gasteiger partial charge in [0.05, 0.1) is 0 Å². The van der Waals surface area contributed by atoms with Crippen molar-refractivity contribution in [2.24, 2.45) is 0 Å². The van der Waals surface area contributed by atoms with Crippen LogP contribution in [0.1, 0.15) is 20.8 Å². The van der Waals surface area contributed by atoms with E-state index in [4.69, 9.17) is 16.3 Å². The predicted molar refractivity (Wildman–Crippen MR) is 40.8 cm³/mol. The first-order chi connectivity index (χ1) is 4.45. The summed E-state index contributed by atoms with van der Waals surface area (Å²) in [5.41, 5.74) is 0.696. The third-order valence-corrected chi connectivity index (χ3v) is 0.732. The molecule has 58 valence electrons. The van der Waals surface area contributed by atoms with Crippen LogP contribution in [0.5, 0.6) is 0 Å². The molecule has 0 radical (unpaired) electrons. The van der Waals surface area contributed by atoms with Crippen LogP contribution in [-0.4, -0.2) is 11.6 Å². The lowest BCUT2D eigenvalue weighted by atomic mass is 10.2. The Labute approximate surface area is 65.8 Å². The average molecular weight is 163 g/mol. The third-order valence-electron chi connectivity index (χ3n) is 0.606. The molecule has 0 rings (SSSR count). The molecule has 10 heavy (non-hydrogen) atoms. The Kier molecular flexibility index (Phi) is 3.43. The first kappa shape index (κ1) is 9.50. The van der Waals surface area contributed by atoms with Crippen LogP contribution in [0.2, 0.25) is 0 Å². The molecule has 0 saturated carbocycles. The number of ether oxygens (including phenoxy) is 1. The van der Waals surface area contributed by atoms with Crippen molar-refractivity contribution in [3.63, 3.8) is 0 Å². The van der Waals surface area contributed by atoms with Gasteiger partial charge in [0.1, 0.15) is 5.60 Å². The largest absolute Gasteiger partial charge is 0.457 e. The summed E-state index contributed by atoms with van der Waals surface area (Å²) >= 11 is 5.14. The van der Waals surface area contributed by atoms with Gasteiger partial charge in [-0.3, -0.25) is 0 Å². The second-order valence-corrected chi connectivity index (χ2v) is 3.08. The molecule has 0 fully saturated rings. The van der Waals surface area contributed by atoms with E-state index < -0.39 is 11.6 Å². The Morgan fingerprint density at radius 2 is 2.00 bits per heavy atom. The highest BCUT2D eigenvalue weighted by atomic mass is 35.5. The Hall–Kier alpha value is -0.500. The number of rotatable bonds is 1. The lowest BCUT2D eigenvalue weighted by Gasteiger charge is -2.17. The third kappa shape index (κ3) is 5.63. The molecule has 0 aliphatic carbocycles. The van der Waals surface area contributed by atoms with Gasteiger partial charge < -0.3 is 4.74 Å². The van der Waals surface area contributed by atoms with Crippen LogP contribution in [0.15, 0.2) is 11.6 Å². The maximum atomic E-state index is 10.7. The molecule has 2 nitrogen and oxygen atoms in total. The summed E-state index contributed by atoms with van der Waals surface area (Å²) < 4.78 is 4.87. The van der Waals surface area contributed by atoms with Gasteiger partial charge in [0.15, 0.2) is 0 Å². The van der Waals surface area contributed by atoms with Crippen molar-refractivity contribution in [1.29, 1.82) is 0 Å². The second kappa shape index (κ2) is 3.62. The monoisotopic (exact) mass is 162 g/mol. The summed E-state index contributed by atoms with van der Waals surface area (Å²) in [6.45, 7) is 5.40. The van der Waals surface area contributed by atoms with Gasteiger partial charge in [0.25, 0.3) is 0 Å². The van der Waals surface area contributed by atoms with Gasteiger partial charge in [-0.25, -0.2) is 4.79 Å². The number of halogens is 1. The molecule has 0 aliphatic heterocycles. The van der Waals surface area contributed by atoms with Gasteiger partial charge in [-0.05, 0) is 20.8 Å². The maximum absolute atomic E-state index is 10.7. The zero-order valence-corrected chi connectivity index (χ0v) is 7.11. The summed E-state index contributed by atoms with van der Waals surface area (Å²) in [5.74, 6) is -0.414. The minimum atomic E-state index is -0.437. The smallest absolute Gasteiger partial charge is 0.332 e. The average Bonchev–Trinajstić information content (AvgIpc) is 1.59. The Morgan fingerprint density at radius 1 is 1.50 bits per heavy atom. The molecule has 0 aromatic heterocycles. The first-order valence-electron chi connectivity index (χ1n) is 2.95. The molecule has 0 aromatic carbocycles. The standard InChI is InChI=1S/C7H11ClO2/c1-7(2,3)10-6(9)4-5-8/h4-5H,1-3H3/b5-4+. The highest BCUT2D eigenvalue weighted by Crippen LogP contribution is 2.06. The number of carbonyl (C=O) groups excluding carboxylic acids is 1. The molecule has 0 heterocycles. The Bertz CT molecular complexity index is 144. The molecule has 0 N–H and O–H groups in total. The van der Waals surface area contributed by atoms with E-state index >= 15 is 0 Å². The minimum Gasteiger partial charge on any atom is -0.457 e. The van der Waals surface area contributed by atoms with E-state index in [1.807, 2.05) is 0 Å². The second-order valence-electron chi connectivity index (χ2n) is 2.83. The van der Waals surface area contributed by atoms with E-state index in [0.717, 1.165) is 5.54 Å². The van der Waals surface area contributed by atoms with Crippen molar-refractivity contribution in [2.75, 3.05) is 0 Å². The summed E-state index contributed by atoms with van der Waals surface area (Å²) in [4.78, 5) is 10.7. The van der Waals surface area contributed by atoms with Crippen LogP contribution in [0, 0.1) is 0 Å². The molecule has 0 spiro atoms. The number of hydrogen-bond donors (Lipinski definition) is 0.